The molecule has 3 rings (SSSR count). The maximum absolute atomic E-state index is 12.5. The summed E-state index contributed by atoms with van der Waals surface area (Å²) in [5.74, 6) is -0.458. The molecule has 1 amide bonds. The summed E-state index contributed by atoms with van der Waals surface area (Å²) < 4.78 is 45.3. The fourth-order valence-electron chi connectivity index (χ4n) is 2.42. The molecule has 3 aromatic rings. The standard InChI is InChI=1S/C18H19N7O3S/c1-19-18(26)16-13(10-15(24-25-16)23-14-7-3-4-8-20-14)22-17-12(6-5-9-21-17)11-29(2,27)28/h3-10H,11H2,1-2H3,(H,19,26)(H2,20,21,22,23,24)/i1D3. The van der Waals surface area contributed by atoms with Crippen molar-refractivity contribution < 1.29 is 17.3 Å². The predicted octanol–water partition coefficient (Wildman–Crippen LogP) is 1.66. The Hall–Kier alpha value is -3.60. The molecule has 0 saturated carbocycles. The number of pyridine rings is 2. The van der Waals surface area contributed by atoms with Crippen LogP contribution in [-0.4, -0.2) is 47.7 Å². The fraction of sp³-hybridized carbons (Fsp3) is 0.167. The zero-order chi connectivity index (χ0) is 23.4. The number of aromatic nitrogens is 4. The molecule has 150 valence electrons. The molecule has 3 aromatic heterocycles. The quantitative estimate of drug-likeness (QED) is 0.524. The van der Waals surface area contributed by atoms with E-state index in [4.69, 9.17) is 4.11 Å². The molecular weight excluding hydrogens is 394 g/mol. The molecular formula is C18H19N7O3S. The number of nitrogens with one attached hydrogen (secondary N) is 3. The van der Waals surface area contributed by atoms with Gasteiger partial charge in [-0.15, -0.1) is 10.2 Å². The Kier molecular flexibility index (Phi) is 4.86. The van der Waals surface area contributed by atoms with Crippen LogP contribution in [0.5, 0.6) is 0 Å². The maximum Gasteiger partial charge on any atom is 0.273 e. The maximum atomic E-state index is 12.5. The van der Waals surface area contributed by atoms with E-state index in [2.05, 4.69) is 30.8 Å². The minimum Gasteiger partial charge on any atom is -0.354 e. The molecule has 3 heterocycles. The number of rotatable bonds is 7. The molecule has 10 nitrogen and oxygen atoms in total. The average Bonchev–Trinajstić information content (AvgIpc) is 2.68. The first-order valence-corrected chi connectivity index (χ1v) is 10.3. The van der Waals surface area contributed by atoms with Crippen molar-refractivity contribution in [3.05, 3.63) is 60.0 Å². The van der Waals surface area contributed by atoms with Crippen LogP contribution in [0.3, 0.4) is 0 Å². The van der Waals surface area contributed by atoms with E-state index < -0.39 is 22.7 Å². The molecule has 0 bridgehead atoms. The second-order valence-electron chi connectivity index (χ2n) is 5.99. The third kappa shape index (κ3) is 5.45. The number of hydrogen-bond donors (Lipinski definition) is 3. The van der Waals surface area contributed by atoms with Gasteiger partial charge in [0, 0.05) is 41.4 Å². The number of amides is 1. The van der Waals surface area contributed by atoms with Gasteiger partial charge in [0.2, 0.25) is 0 Å². The number of carbonyl (C=O) groups excluding carboxylic acids is 1. The van der Waals surface area contributed by atoms with E-state index in [0.29, 0.717) is 11.4 Å². The molecule has 0 aliphatic rings. The highest BCUT2D eigenvalue weighted by molar-refractivity contribution is 7.89. The third-order valence-corrected chi connectivity index (χ3v) is 4.44. The number of sulfone groups is 1. The van der Waals surface area contributed by atoms with Crippen LogP contribution in [0.15, 0.2) is 48.8 Å². The SMILES string of the molecule is [2H]C([2H])([2H])NC(=O)c1nnc(Nc2ccccn2)cc1Nc1ncccc1CS(C)(=O)=O. The smallest absolute Gasteiger partial charge is 0.273 e. The van der Waals surface area contributed by atoms with Crippen molar-refractivity contribution >= 4 is 38.9 Å². The normalized spacial score (nSPS) is 12.9. The number of anilines is 4. The van der Waals surface area contributed by atoms with Crippen LogP contribution in [0, 0.1) is 0 Å². The Morgan fingerprint density at radius 1 is 1.07 bits per heavy atom. The molecule has 29 heavy (non-hydrogen) atoms. The van der Waals surface area contributed by atoms with Gasteiger partial charge < -0.3 is 16.0 Å². The summed E-state index contributed by atoms with van der Waals surface area (Å²) in [4.78, 5) is 20.8. The first kappa shape index (κ1) is 16.4. The van der Waals surface area contributed by atoms with E-state index in [1.54, 1.807) is 36.5 Å². The topological polar surface area (TPSA) is 139 Å². The van der Waals surface area contributed by atoms with Gasteiger partial charge in [0.15, 0.2) is 21.3 Å². The number of hydrogen-bond acceptors (Lipinski definition) is 9. The molecule has 11 heteroatoms. The lowest BCUT2D eigenvalue weighted by molar-refractivity contribution is 0.0958. The molecule has 0 aliphatic heterocycles. The van der Waals surface area contributed by atoms with E-state index in [0.717, 1.165) is 6.26 Å². The van der Waals surface area contributed by atoms with E-state index in [1.807, 2.05) is 5.32 Å². The minimum atomic E-state index is -3.37. The van der Waals surface area contributed by atoms with Crippen molar-refractivity contribution in [2.24, 2.45) is 0 Å². The van der Waals surface area contributed by atoms with Crippen LogP contribution in [0.4, 0.5) is 23.1 Å². The molecule has 0 radical (unpaired) electrons. The molecule has 0 spiro atoms. The molecule has 0 saturated heterocycles. The largest absolute Gasteiger partial charge is 0.354 e. The first-order valence-electron chi connectivity index (χ1n) is 9.77. The molecule has 0 unspecified atom stereocenters. The second kappa shape index (κ2) is 8.61. The highest BCUT2D eigenvalue weighted by Crippen LogP contribution is 2.25. The van der Waals surface area contributed by atoms with Crippen LogP contribution in [0.1, 0.15) is 20.2 Å². The first-order chi connectivity index (χ1) is 15.0. The Labute approximate surface area is 172 Å². The summed E-state index contributed by atoms with van der Waals surface area (Å²) in [6.45, 7) is -2.74. The van der Waals surface area contributed by atoms with Crippen molar-refractivity contribution in [3.8, 4) is 0 Å². The van der Waals surface area contributed by atoms with Crippen molar-refractivity contribution in [1.29, 1.82) is 0 Å². The summed E-state index contributed by atoms with van der Waals surface area (Å²) in [7, 11) is -3.37. The lowest BCUT2D eigenvalue weighted by atomic mass is 10.2. The minimum absolute atomic E-state index is 0.0635. The van der Waals surface area contributed by atoms with Gasteiger partial charge in [-0.25, -0.2) is 18.4 Å². The predicted molar refractivity (Wildman–Crippen MR) is 109 cm³/mol. The molecule has 0 aliphatic carbocycles. The van der Waals surface area contributed by atoms with Gasteiger partial charge >= 0.3 is 0 Å². The van der Waals surface area contributed by atoms with Crippen LogP contribution >= 0.6 is 0 Å². The summed E-state index contributed by atoms with van der Waals surface area (Å²) in [6.07, 6.45) is 4.10. The van der Waals surface area contributed by atoms with Gasteiger partial charge in [-0.3, -0.25) is 4.79 Å². The second-order valence-corrected chi connectivity index (χ2v) is 8.13. The van der Waals surface area contributed by atoms with Crippen LogP contribution in [0.2, 0.25) is 0 Å². The Morgan fingerprint density at radius 2 is 1.90 bits per heavy atom. The van der Waals surface area contributed by atoms with E-state index in [-0.39, 0.29) is 28.8 Å². The zero-order valence-electron chi connectivity index (χ0n) is 18.2. The highest BCUT2D eigenvalue weighted by Gasteiger charge is 2.17. The summed E-state index contributed by atoms with van der Waals surface area (Å²) >= 11 is 0. The zero-order valence-corrected chi connectivity index (χ0v) is 16.1. The van der Waals surface area contributed by atoms with E-state index in [1.165, 1.54) is 12.3 Å². The van der Waals surface area contributed by atoms with Crippen molar-refractivity contribution in [1.82, 2.24) is 25.5 Å². The van der Waals surface area contributed by atoms with Gasteiger partial charge in [-0.2, -0.15) is 0 Å². The number of carbonyl (C=O) groups is 1. The van der Waals surface area contributed by atoms with E-state index in [9.17, 15) is 13.2 Å². The lowest BCUT2D eigenvalue weighted by Gasteiger charge is -2.14. The van der Waals surface area contributed by atoms with Gasteiger partial charge in [0.1, 0.15) is 11.6 Å². The molecule has 3 N–H and O–H groups in total. The summed E-state index contributed by atoms with van der Waals surface area (Å²) in [6, 6.07) is 9.73. The molecule has 0 aromatic carbocycles. The Bertz CT molecular complexity index is 1220. The van der Waals surface area contributed by atoms with Crippen LogP contribution in [0.25, 0.3) is 0 Å². The van der Waals surface area contributed by atoms with Crippen molar-refractivity contribution in [3.63, 3.8) is 0 Å². The lowest BCUT2D eigenvalue weighted by Crippen LogP contribution is -2.22. The van der Waals surface area contributed by atoms with Crippen molar-refractivity contribution in [2.75, 3.05) is 23.9 Å². The van der Waals surface area contributed by atoms with Gasteiger partial charge in [-0.1, -0.05) is 12.1 Å². The van der Waals surface area contributed by atoms with Crippen LogP contribution < -0.4 is 16.0 Å². The third-order valence-electron chi connectivity index (χ3n) is 3.61. The van der Waals surface area contributed by atoms with E-state index >= 15 is 0 Å². The molecule has 0 atom stereocenters. The Balaban J connectivity index is 2.01. The van der Waals surface area contributed by atoms with Gasteiger partial charge in [-0.05, 0) is 18.2 Å². The highest BCUT2D eigenvalue weighted by atomic mass is 32.2. The summed E-state index contributed by atoms with van der Waals surface area (Å²) in [5, 5.41) is 15.4. The molecule has 0 fully saturated rings. The monoisotopic (exact) mass is 416 g/mol. The summed E-state index contributed by atoms with van der Waals surface area (Å²) in [5.41, 5.74) is 0.102. The number of nitrogens with zero attached hydrogens (tertiary/aromatic N) is 4. The van der Waals surface area contributed by atoms with Gasteiger partial charge in [0.05, 0.1) is 11.4 Å². The fourth-order valence-corrected chi connectivity index (χ4v) is 3.22. The average molecular weight is 416 g/mol. The Morgan fingerprint density at radius 3 is 2.62 bits per heavy atom. The van der Waals surface area contributed by atoms with Gasteiger partial charge in [0.25, 0.3) is 5.91 Å². The van der Waals surface area contributed by atoms with Crippen LogP contribution in [-0.2, 0) is 15.6 Å². The van der Waals surface area contributed by atoms with Crippen molar-refractivity contribution in [2.45, 2.75) is 5.75 Å².